The van der Waals surface area contributed by atoms with Crippen molar-refractivity contribution in [2.75, 3.05) is 11.4 Å². The molecule has 36 heavy (non-hydrogen) atoms. The van der Waals surface area contributed by atoms with Crippen LogP contribution in [0.5, 0.6) is 0 Å². The van der Waals surface area contributed by atoms with Crippen molar-refractivity contribution in [2.24, 2.45) is 18.4 Å². The molecule has 2 fully saturated rings. The molecule has 8 nitrogen and oxygen atoms in total. The van der Waals surface area contributed by atoms with Crippen LogP contribution >= 0.6 is 0 Å². The van der Waals surface area contributed by atoms with E-state index in [1.807, 2.05) is 0 Å². The van der Waals surface area contributed by atoms with Gasteiger partial charge in [-0.05, 0) is 78.3 Å². The second-order valence-corrected chi connectivity index (χ2v) is 9.36. The van der Waals surface area contributed by atoms with E-state index in [0.29, 0.717) is 35.3 Å². The zero-order chi connectivity index (χ0) is 25.4. The van der Waals surface area contributed by atoms with Gasteiger partial charge in [-0.1, -0.05) is 0 Å². The lowest BCUT2D eigenvalue weighted by Gasteiger charge is -2.21. The van der Waals surface area contributed by atoms with Crippen LogP contribution in [-0.4, -0.2) is 27.9 Å². The van der Waals surface area contributed by atoms with Gasteiger partial charge in [0.05, 0.1) is 6.07 Å². The number of nitriles is 1. The third-order valence-corrected chi connectivity index (χ3v) is 6.95. The molecule has 0 bridgehead atoms. The highest BCUT2D eigenvalue weighted by atomic mass is 19.1. The highest BCUT2D eigenvalue weighted by Crippen LogP contribution is 2.51. The number of nitrogens with one attached hydrogen (secondary N) is 1. The van der Waals surface area contributed by atoms with Crippen molar-refractivity contribution in [3.8, 4) is 17.2 Å². The van der Waals surface area contributed by atoms with E-state index in [0.717, 1.165) is 12.8 Å². The van der Waals surface area contributed by atoms with Gasteiger partial charge >= 0.3 is 0 Å². The smallest absolute Gasteiger partial charge is 0.270 e. The minimum absolute atomic E-state index is 0.0587. The quantitative estimate of drug-likeness (QED) is 0.577. The van der Waals surface area contributed by atoms with Crippen LogP contribution in [0.2, 0.25) is 0 Å². The first kappa shape index (κ1) is 23.4. The molecule has 2 aliphatic rings. The largest absolute Gasteiger partial charge is 0.347 e. The van der Waals surface area contributed by atoms with E-state index in [-0.39, 0.29) is 29.6 Å². The van der Waals surface area contributed by atoms with Crippen molar-refractivity contribution in [1.82, 2.24) is 14.9 Å². The fraction of sp³-hybridized carbons (Fsp3) is 0.296. The normalized spacial score (nSPS) is 19.2. The van der Waals surface area contributed by atoms with Gasteiger partial charge in [-0.3, -0.25) is 19.4 Å². The molecular weight excluding hydrogens is 461 g/mol. The molecule has 3 aromatic rings. The minimum atomic E-state index is -0.966. The molecule has 1 atom stereocenters. The molecule has 3 heterocycles. The van der Waals surface area contributed by atoms with E-state index >= 15 is 0 Å². The maximum absolute atomic E-state index is 14.3. The van der Waals surface area contributed by atoms with Gasteiger partial charge in [-0.15, -0.1) is 0 Å². The average Bonchev–Trinajstić information content (AvgIpc) is 3.67. The van der Waals surface area contributed by atoms with Gasteiger partial charge in [0.2, 0.25) is 11.5 Å². The molecule has 2 amide bonds. The first-order valence-corrected chi connectivity index (χ1v) is 11.7. The maximum Gasteiger partial charge on any atom is 0.270 e. The number of anilines is 1. The Morgan fingerprint density at radius 2 is 2.00 bits per heavy atom. The van der Waals surface area contributed by atoms with Crippen LogP contribution < -0.4 is 15.8 Å². The van der Waals surface area contributed by atoms with Crippen molar-refractivity contribution in [1.29, 1.82) is 5.26 Å². The second kappa shape index (κ2) is 9.04. The Kier molecular flexibility index (Phi) is 5.88. The van der Waals surface area contributed by atoms with Gasteiger partial charge in [0.15, 0.2) is 0 Å². The highest BCUT2D eigenvalue weighted by molar-refractivity contribution is 6.03. The molecule has 5 rings (SSSR count). The van der Waals surface area contributed by atoms with Crippen molar-refractivity contribution in [2.45, 2.75) is 25.8 Å². The summed E-state index contributed by atoms with van der Waals surface area (Å²) in [4.78, 5) is 43.3. The zero-order valence-corrected chi connectivity index (χ0v) is 19.7. The van der Waals surface area contributed by atoms with Crippen molar-refractivity contribution < 1.29 is 14.0 Å². The number of pyridine rings is 2. The van der Waals surface area contributed by atoms with Gasteiger partial charge in [0.25, 0.3) is 5.91 Å². The monoisotopic (exact) mass is 485 g/mol. The number of hydrogen-bond acceptors (Lipinski definition) is 5. The zero-order valence-electron chi connectivity index (χ0n) is 19.7. The number of halogens is 1. The summed E-state index contributed by atoms with van der Waals surface area (Å²) in [6.07, 6.45) is 5.34. The molecule has 0 spiro atoms. The van der Waals surface area contributed by atoms with E-state index in [1.165, 1.54) is 35.0 Å². The van der Waals surface area contributed by atoms with Gasteiger partial charge in [0, 0.05) is 44.3 Å². The number of rotatable bonds is 6. The van der Waals surface area contributed by atoms with Crippen molar-refractivity contribution in [3.05, 3.63) is 82.3 Å². The predicted octanol–water partition coefficient (Wildman–Crippen LogP) is 3.17. The SMILES string of the molecule is Cn1cc(-c2cc(F)cc(CNC(=O)c3cc(N4CC[C@@](C#N)(C5CC5)C4=O)ccn3)c2)ccc1=O. The molecule has 182 valence electrons. The van der Waals surface area contributed by atoms with Crippen LogP contribution in [0.15, 0.2) is 59.7 Å². The number of carbonyl (C=O) groups is 2. The van der Waals surface area contributed by atoms with Gasteiger partial charge in [-0.25, -0.2) is 4.39 Å². The van der Waals surface area contributed by atoms with E-state index in [9.17, 15) is 24.0 Å². The lowest BCUT2D eigenvalue weighted by molar-refractivity contribution is -0.123. The number of nitrogens with zero attached hydrogens (tertiary/aromatic N) is 4. The summed E-state index contributed by atoms with van der Waals surface area (Å²) in [5.41, 5.74) is 1.32. The number of aromatic nitrogens is 2. The van der Waals surface area contributed by atoms with Crippen LogP contribution in [-0.2, 0) is 18.4 Å². The third kappa shape index (κ3) is 4.26. The Balaban J connectivity index is 1.30. The molecule has 1 aliphatic carbocycles. The molecule has 0 radical (unpaired) electrons. The lowest BCUT2D eigenvalue weighted by Crippen LogP contribution is -2.35. The summed E-state index contributed by atoms with van der Waals surface area (Å²) in [5.74, 6) is -1.03. The summed E-state index contributed by atoms with van der Waals surface area (Å²) in [6, 6.07) is 12.9. The molecule has 2 aromatic heterocycles. The summed E-state index contributed by atoms with van der Waals surface area (Å²) in [6.45, 7) is 0.480. The lowest BCUT2D eigenvalue weighted by atomic mass is 9.83. The van der Waals surface area contributed by atoms with E-state index in [1.54, 1.807) is 36.3 Å². The summed E-state index contributed by atoms with van der Waals surface area (Å²) < 4.78 is 15.7. The summed E-state index contributed by atoms with van der Waals surface area (Å²) >= 11 is 0. The Morgan fingerprint density at radius 1 is 1.19 bits per heavy atom. The Labute approximate surface area is 207 Å². The Bertz CT molecular complexity index is 1470. The fourth-order valence-corrected chi connectivity index (χ4v) is 4.80. The predicted molar refractivity (Wildman–Crippen MR) is 130 cm³/mol. The third-order valence-electron chi connectivity index (χ3n) is 6.95. The van der Waals surface area contributed by atoms with Crippen molar-refractivity contribution in [3.63, 3.8) is 0 Å². The molecule has 1 aliphatic heterocycles. The van der Waals surface area contributed by atoms with Crippen LogP contribution in [0.4, 0.5) is 10.1 Å². The summed E-state index contributed by atoms with van der Waals surface area (Å²) in [5, 5.41) is 12.5. The topological polar surface area (TPSA) is 108 Å². The number of aryl methyl sites for hydroxylation is 1. The molecule has 1 saturated heterocycles. The van der Waals surface area contributed by atoms with E-state index in [4.69, 9.17) is 0 Å². The number of carbonyl (C=O) groups excluding carboxylic acids is 2. The number of hydrogen-bond donors (Lipinski definition) is 1. The molecular formula is C27H24FN5O3. The molecule has 1 N–H and O–H groups in total. The Morgan fingerprint density at radius 3 is 2.72 bits per heavy atom. The standard InChI is InChI=1S/C27H24FN5O3/c1-32-15-18(2-5-24(32)34)19-10-17(11-21(28)12-19)14-31-25(35)23-13-22(6-8-30-23)33-9-7-27(16-29,26(33)36)20-3-4-20/h2,5-6,8,10-13,15,20H,3-4,7,9,14H2,1H3,(H,31,35)/t27-/m1/s1. The molecule has 0 unspecified atom stereocenters. The van der Waals surface area contributed by atoms with Gasteiger partial charge in [0.1, 0.15) is 16.9 Å². The van der Waals surface area contributed by atoms with E-state index < -0.39 is 17.1 Å². The fourth-order valence-electron chi connectivity index (χ4n) is 4.80. The Hall–Kier alpha value is -4.32. The van der Waals surface area contributed by atoms with Crippen LogP contribution in [0, 0.1) is 28.5 Å². The summed E-state index contributed by atoms with van der Waals surface area (Å²) in [7, 11) is 1.62. The molecule has 1 aromatic carbocycles. The molecule has 1 saturated carbocycles. The van der Waals surface area contributed by atoms with Crippen molar-refractivity contribution >= 4 is 17.5 Å². The average molecular weight is 486 g/mol. The first-order chi connectivity index (χ1) is 17.3. The van der Waals surface area contributed by atoms with Crippen LogP contribution in [0.25, 0.3) is 11.1 Å². The molecule has 9 heteroatoms. The van der Waals surface area contributed by atoms with E-state index in [2.05, 4.69) is 16.4 Å². The second-order valence-electron chi connectivity index (χ2n) is 9.36. The first-order valence-electron chi connectivity index (χ1n) is 11.7. The maximum atomic E-state index is 14.3. The van der Waals surface area contributed by atoms with Gasteiger partial charge in [-0.2, -0.15) is 5.26 Å². The number of amides is 2. The van der Waals surface area contributed by atoms with Crippen LogP contribution in [0.1, 0.15) is 35.3 Å². The number of benzene rings is 1. The highest BCUT2D eigenvalue weighted by Gasteiger charge is 2.56. The van der Waals surface area contributed by atoms with Gasteiger partial charge < -0.3 is 14.8 Å². The minimum Gasteiger partial charge on any atom is -0.347 e. The van der Waals surface area contributed by atoms with Crippen LogP contribution in [0.3, 0.4) is 0 Å².